The maximum atomic E-state index is 14.0. The summed E-state index contributed by atoms with van der Waals surface area (Å²) in [7, 11) is 0. The Morgan fingerprint density at radius 3 is 2.16 bits per heavy atom. The number of ether oxygens (including phenoxy) is 1. The molecule has 158 valence electrons. The molecule has 0 heterocycles. The smallest absolute Gasteiger partial charge is 0.419 e. The Kier molecular flexibility index (Phi) is 6.06. The van der Waals surface area contributed by atoms with Gasteiger partial charge in [-0.3, -0.25) is 0 Å². The van der Waals surface area contributed by atoms with E-state index in [1.807, 2.05) is 0 Å². The highest BCUT2D eigenvalue weighted by atomic mass is 19.4. The number of urea groups is 1. The number of nitrogens with zero attached hydrogens (tertiary/aromatic N) is 1. The molecule has 0 fully saturated rings. The Morgan fingerprint density at radius 1 is 0.871 bits per heavy atom. The van der Waals surface area contributed by atoms with Crippen LogP contribution in [0.4, 0.5) is 43.8 Å². The van der Waals surface area contributed by atoms with Crippen molar-refractivity contribution in [3.63, 3.8) is 0 Å². The zero-order valence-electron chi connectivity index (χ0n) is 15.4. The van der Waals surface area contributed by atoms with Crippen molar-refractivity contribution >= 4 is 23.1 Å². The quantitative estimate of drug-likeness (QED) is 0.345. The van der Waals surface area contributed by atoms with Crippen molar-refractivity contribution < 1.29 is 31.5 Å². The van der Waals surface area contributed by atoms with E-state index in [0.29, 0.717) is 23.6 Å². The number of anilines is 2. The van der Waals surface area contributed by atoms with E-state index >= 15 is 0 Å². The van der Waals surface area contributed by atoms with Crippen LogP contribution in [-0.2, 0) is 6.18 Å². The summed E-state index contributed by atoms with van der Waals surface area (Å²) in [6, 6.07) is 10.5. The second-order valence-electron chi connectivity index (χ2n) is 6.12. The van der Waals surface area contributed by atoms with E-state index in [1.165, 1.54) is 36.4 Å². The number of alkyl halides is 3. The fraction of sp³-hybridized carbons (Fsp3) is 0.0476. The zero-order chi connectivity index (χ0) is 22.6. The third kappa shape index (κ3) is 5.48. The average Bonchev–Trinajstić information content (AvgIpc) is 2.71. The maximum Gasteiger partial charge on any atom is 0.419 e. The fourth-order valence-electron chi connectivity index (χ4n) is 2.49. The molecule has 0 aliphatic carbocycles. The largest absolute Gasteiger partial charge is 0.457 e. The van der Waals surface area contributed by atoms with Crippen molar-refractivity contribution in [1.29, 1.82) is 0 Å². The number of amides is 2. The van der Waals surface area contributed by atoms with Crippen LogP contribution in [0.25, 0.3) is 4.85 Å². The van der Waals surface area contributed by atoms with E-state index in [9.17, 15) is 26.7 Å². The predicted molar refractivity (Wildman–Crippen MR) is 103 cm³/mol. The number of carbonyl (C=O) groups excluding carboxylic acids is 1. The van der Waals surface area contributed by atoms with Gasteiger partial charge in [0, 0.05) is 11.8 Å². The molecule has 3 aromatic rings. The molecule has 0 unspecified atom stereocenters. The molecule has 0 saturated carbocycles. The minimum absolute atomic E-state index is 0.161. The van der Waals surface area contributed by atoms with Gasteiger partial charge in [-0.15, -0.1) is 0 Å². The first-order chi connectivity index (χ1) is 14.7. The van der Waals surface area contributed by atoms with Gasteiger partial charge in [-0.2, -0.15) is 13.2 Å². The SMILES string of the molecule is [C-]#[N+]c1ccc(Oc2ccc(F)c(NC(=O)Nc3ccc(F)c(C(F)(F)F)c3)c2)cc1. The molecule has 0 aliphatic heterocycles. The highest BCUT2D eigenvalue weighted by molar-refractivity contribution is 6.00. The molecule has 0 spiro atoms. The number of carbonyl (C=O) groups is 1. The van der Waals surface area contributed by atoms with Gasteiger partial charge in [-0.1, -0.05) is 12.1 Å². The van der Waals surface area contributed by atoms with Crippen LogP contribution >= 0.6 is 0 Å². The van der Waals surface area contributed by atoms with Crippen molar-refractivity contribution in [2.45, 2.75) is 6.18 Å². The van der Waals surface area contributed by atoms with Crippen molar-refractivity contribution in [3.05, 3.63) is 89.3 Å². The van der Waals surface area contributed by atoms with Gasteiger partial charge in [0.05, 0.1) is 17.8 Å². The highest BCUT2D eigenvalue weighted by Crippen LogP contribution is 2.33. The molecule has 31 heavy (non-hydrogen) atoms. The lowest BCUT2D eigenvalue weighted by atomic mass is 10.2. The Hall–Kier alpha value is -4.13. The first-order valence-electron chi connectivity index (χ1n) is 8.55. The van der Waals surface area contributed by atoms with E-state index < -0.39 is 29.4 Å². The highest BCUT2D eigenvalue weighted by Gasteiger charge is 2.34. The summed E-state index contributed by atoms with van der Waals surface area (Å²) < 4.78 is 71.3. The summed E-state index contributed by atoms with van der Waals surface area (Å²) in [6.07, 6.45) is -4.94. The summed E-state index contributed by atoms with van der Waals surface area (Å²) in [4.78, 5) is 15.3. The van der Waals surface area contributed by atoms with Crippen LogP contribution in [0.15, 0.2) is 60.7 Å². The lowest BCUT2D eigenvalue weighted by Crippen LogP contribution is -2.20. The lowest BCUT2D eigenvalue weighted by molar-refractivity contribution is -0.139. The average molecular weight is 433 g/mol. The van der Waals surface area contributed by atoms with Gasteiger partial charge >= 0.3 is 12.2 Å². The van der Waals surface area contributed by atoms with E-state index in [1.54, 1.807) is 0 Å². The standard InChI is InChI=1S/C21H12F5N3O2/c1-27-12-2-5-14(6-3-12)31-15-7-9-18(23)19(11-15)29-20(30)28-13-4-8-17(22)16(10-13)21(24,25)26/h2-11H,(H2,28,29,30). The van der Waals surface area contributed by atoms with Crippen LogP contribution in [0.3, 0.4) is 0 Å². The van der Waals surface area contributed by atoms with E-state index in [-0.39, 0.29) is 17.1 Å². The first kappa shape index (κ1) is 21.6. The number of hydrogen-bond acceptors (Lipinski definition) is 2. The molecule has 0 bridgehead atoms. The summed E-state index contributed by atoms with van der Waals surface area (Å²) in [5, 5.41) is 4.24. The summed E-state index contributed by atoms with van der Waals surface area (Å²) in [6.45, 7) is 6.91. The fourth-order valence-corrected chi connectivity index (χ4v) is 2.49. The zero-order valence-corrected chi connectivity index (χ0v) is 15.4. The molecular weight excluding hydrogens is 421 g/mol. The monoisotopic (exact) mass is 433 g/mol. The molecule has 2 amide bonds. The molecule has 10 heteroatoms. The molecule has 3 rings (SSSR count). The van der Waals surface area contributed by atoms with Crippen LogP contribution in [0.1, 0.15) is 5.56 Å². The second kappa shape index (κ2) is 8.71. The Balaban J connectivity index is 1.72. The predicted octanol–water partition coefficient (Wildman–Crippen LogP) is 6.97. The molecule has 0 saturated heterocycles. The summed E-state index contributed by atoms with van der Waals surface area (Å²) >= 11 is 0. The third-order valence-electron chi connectivity index (χ3n) is 3.92. The van der Waals surface area contributed by atoms with Crippen molar-refractivity contribution in [3.8, 4) is 11.5 Å². The molecule has 0 atom stereocenters. The van der Waals surface area contributed by atoms with E-state index in [0.717, 1.165) is 12.1 Å². The van der Waals surface area contributed by atoms with Gasteiger partial charge in [0.15, 0.2) is 5.69 Å². The van der Waals surface area contributed by atoms with Gasteiger partial charge in [0.25, 0.3) is 0 Å². The molecule has 0 radical (unpaired) electrons. The van der Waals surface area contributed by atoms with Crippen LogP contribution in [0.5, 0.6) is 11.5 Å². The van der Waals surface area contributed by atoms with Gasteiger partial charge < -0.3 is 15.4 Å². The minimum Gasteiger partial charge on any atom is -0.457 e. The van der Waals surface area contributed by atoms with Crippen molar-refractivity contribution in [2.24, 2.45) is 0 Å². The molecule has 3 aromatic carbocycles. The number of benzene rings is 3. The number of halogens is 5. The van der Waals surface area contributed by atoms with Crippen LogP contribution in [-0.4, -0.2) is 6.03 Å². The Bertz CT molecular complexity index is 1160. The number of rotatable bonds is 4. The van der Waals surface area contributed by atoms with Crippen LogP contribution in [0.2, 0.25) is 0 Å². The lowest BCUT2D eigenvalue weighted by Gasteiger charge is -2.13. The van der Waals surface area contributed by atoms with Crippen molar-refractivity contribution in [1.82, 2.24) is 0 Å². The van der Waals surface area contributed by atoms with Crippen molar-refractivity contribution in [2.75, 3.05) is 10.6 Å². The van der Waals surface area contributed by atoms with E-state index in [4.69, 9.17) is 11.3 Å². The molecule has 0 aliphatic rings. The van der Waals surface area contributed by atoms with Gasteiger partial charge in [-0.25, -0.2) is 18.4 Å². The summed E-state index contributed by atoms with van der Waals surface area (Å²) in [5.41, 5.74) is -1.78. The topological polar surface area (TPSA) is 54.7 Å². The molecular formula is C21H12F5N3O2. The minimum atomic E-state index is -4.94. The van der Waals surface area contributed by atoms with E-state index in [2.05, 4.69) is 15.5 Å². The van der Waals surface area contributed by atoms with Gasteiger partial charge in [-0.05, 0) is 42.5 Å². The first-order valence-corrected chi connectivity index (χ1v) is 8.55. The normalized spacial score (nSPS) is 10.8. The van der Waals surface area contributed by atoms with Crippen LogP contribution < -0.4 is 15.4 Å². The van der Waals surface area contributed by atoms with Gasteiger partial charge in [0.2, 0.25) is 0 Å². The summed E-state index contributed by atoms with van der Waals surface area (Å²) in [5.74, 6) is -1.78. The molecule has 2 N–H and O–H groups in total. The van der Waals surface area contributed by atoms with Gasteiger partial charge in [0.1, 0.15) is 23.1 Å². The van der Waals surface area contributed by atoms with Crippen LogP contribution in [0, 0.1) is 18.2 Å². The Morgan fingerprint density at radius 2 is 1.52 bits per heavy atom. The number of hydrogen-bond donors (Lipinski definition) is 2. The maximum absolute atomic E-state index is 14.0. The molecule has 0 aromatic heterocycles. The second-order valence-corrected chi connectivity index (χ2v) is 6.12. The number of nitrogens with one attached hydrogen (secondary N) is 2. The Labute approximate surface area is 172 Å². The third-order valence-corrected chi connectivity index (χ3v) is 3.92. The molecule has 5 nitrogen and oxygen atoms in total.